The number of nitrogens with one attached hydrogen (secondary N) is 1. The molecule has 0 radical (unpaired) electrons. The van der Waals surface area contributed by atoms with Gasteiger partial charge in [-0.3, -0.25) is 4.79 Å². The fourth-order valence-corrected chi connectivity index (χ4v) is 2.05. The maximum atomic E-state index is 12.3. The molecule has 0 bridgehead atoms. The van der Waals surface area contributed by atoms with Crippen LogP contribution in [-0.2, 0) is 4.79 Å². The molecule has 0 heterocycles. The van der Waals surface area contributed by atoms with Crippen LogP contribution in [0, 0.1) is 12.3 Å². The Morgan fingerprint density at radius 1 is 1.56 bits per heavy atom. The lowest BCUT2D eigenvalue weighted by Crippen LogP contribution is -2.43. The van der Waals surface area contributed by atoms with Crippen molar-refractivity contribution in [1.29, 1.82) is 0 Å². The SMILES string of the molecule is CCC(C)(C(=O)Nc1cccc(C)c1Br)C(N)=S. The van der Waals surface area contributed by atoms with Gasteiger partial charge in [0.15, 0.2) is 0 Å². The van der Waals surface area contributed by atoms with Gasteiger partial charge in [-0.2, -0.15) is 0 Å². The third kappa shape index (κ3) is 2.90. The second-order valence-corrected chi connectivity index (χ2v) is 5.67. The van der Waals surface area contributed by atoms with Crippen LogP contribution in [0.3, 0.4) is 0 Å². The lowest BCUT2D eigenvalue weighted by Gasteiger charge is -2.25. The number of hydrogen-bond acceptors (Lipinski definition) is 2. The molecule has 3 nitrogen and oxygen atoms in total. The second kappa shape index (κ2) is 5.80. The molecule has 1 atom stereocenters. The standard InChI is InChI=1S/C13H17BrN2OS/c1-4-13(3,11(15)18)12(17)16-9-7-5-6-8(2)10(9)14/h5-7H,4H2,1-3H3,(H2,15,18)(H,16,17). The quantitative estimate of drug-likeness (QED) is 0.833. The van der Waals surface area contributed by atoms with Crippen molar-refractivity contribution in [3.63, 3.8) is 0 Å². The van der Waals surface area contributed by atoms with Crippen LogP contribution in [0.2, 0.25) is 0 Å². The average Bonchev–Trinajstić information content (AvgIpc) is 2.33. The van der Waals surface area contributed by atoms with Gasteiger partial charge in [0, 0.05) is 4.47 Å². The third-order valence-electron chi connectivity index (χ3n) is 3.19. The number of hydrogen-bond donors (Lipinski definition) is 2. The highest BCUT2D eigenvalue weighted by Gasteiger charge is 2.34. The predicted molar refractivity (Wildman–Crippen MR) is 82.7 cm³/mol. The van der Waals surface area contributed by atoms with Gasteiger partial charge in [0.05, 0.1) is 16.1 Å². The number of carbonyl (C=O) groups excluding carboxylic acids is 1. The third-order valence-corrected chi connectivity index (χ3v) is 4.70. The summed E-state index contributed by atoms with van der Waals surface area (Å²) >= 11 is 8.44. The summed E-state index contributed by atoms with van der Waals surface area (Å²) in [4.78, 5) is 12.5. The zero-order valence-corrected chi connectivity index (χ0v) is 13.1. The first-order valence-corrected chi connectivity index (χ1v) is 6.89. The largest absolute Gasteiger partial charge is 0.392 e. The van der Waals surface area contributed by atoms with E-state index in [4.69, 9.17) is 18.0 Å². The van der Waals surface area contributed by atoms with E-state index in [0.29, 0.717) is 6.42 Å². The molecule has 0 fully saturated rings. The van der Waals surface area contributed by atoms with Crippen LogP contribution in [-0.4, -0.2) is 10.9 Å². The number of amides is 1. The summed E-state index contributed by atoms with van der Waals surface area (Å²) in [6.45, 7) is 5.62. The Labute approximate surface area is 121 Å². The van der Waals surface area contributed by atoms with Crippen molar-refractivity contribution in [2.75, 3.05) is 5.32 Å². The van der Waals surface area contributed by atoms with Gasteiger partial charge < -0.3 is 11.1 Å². The van der Waals surface area contributed by atoms with E-state index in [0.717, 1.165) is 15.7 Å². The molecule has 0 aliphatic carbocycles. The highest BCUT2D eigenvalue weighted by atomic mass is 79.9. The number of rotatable bonds is 4. The van der Waals surface area contributed by atoms with Crippen LogP contribution in [0.4, 0.5) is 5.69 Å². The van der Waals surface area contributed by atoms with E-state index in [9.17, 15) is 4.79 Å². The molecule has 1 unspecified atom stereocenters. The lowest BCUT2D eigenvalue weighted by molar-refractivity contribution is -0.121. The molecule has 5 heteroatoms. The number of anilines is 1. The van der Waals surface area contributed by atoms with Crippen LogP contribution in [0.15, 0.2) is 22.7 Å². The summed E-state index contributed by atoms with van der Waals surface area (Å²) in [5, 5.41) is 2.87. The first-order chi connectivity index (χ1) is 8.32. The summed E-state index contributed by atoms with van der Waals surface area (Å²) < 4.78 is 0.875. The minimum Gasteiger partial charge on any atom is -0.392 e. The number of aryl methyl sites for hydroxylation is 1. The minimum atomic E-state index is -0.821. The molecule has 18 heavy (non-hydrogen) atoms. The Kier molecular flexibility index (Phi) is 4.87. The van der Waals surface area contributed by atoms with Crippen molar-refractivity contribution < 1.29 is 4.79 Å². The van der Waals surface area contributed by atoms with Crippen molar-refractivity contribution in [1.82, 2.24) is 0 Å². The molecule has 0 spiro atoms. The second-order valence-electron chi connectivity index (χ2n) is 4.44. The zero-order valence-electron chi connectivity index (χ0n) is 10.7. The maximum absolute atomic E-state index is 12.3. The van der Waals surface area contributed by atoms with E-state index < -0.39 is 5.41 Å². The van der Waals surface area contributed by atoms with Crippen molar-refractivity contribution in [2.45, 2.75) is 27.2 Å². The number of halogens is 1. The van der Waals surface area contributed by atoms with Gasteiger partial charge in [0.25, 0.3) is 0 Å². The number of nitrogens with two attached hydrogens (primary N) is 1. The van der Waals surface area contributed by atoms with Gasteiger partial charge >= 0.3 is 0 Å². The zero-order chi connectivity index (χ0) is 13.9. The van der Waals surface area contributed by atoms with Crippen molar-refractivity contribution in [3.8, 4) is 0 Å². The average molecular weight is 329 g/mol. The molecule has 1 aromatic carbocycles. The van der Waals surface area contributed by atoms with Gasteiger partial charge in [-0.05, 0) is 47.8 Å². The molecule has 1 amide bonds. The Balaban J connectivity index is 3.01. The Morgan fingerprint density at radius 3 is 2.67 bits per heavy atom. The van der Waals surface area contributed by atoms with E-state index in [1.165, 1.54) is 0 Å². The number of thiocarbonyl (C=S) groups is 1. The molecule has 3 N–H and O–H groups in total. The van der Waals surface area contributed by atoms with E-state index in [2.05, 4.69) is 21.2 Å². The summed E-state index contributed by atoms with van der Waals surface area (Å²) in [7, 11) is 0. The summed E-state index contributed by atoms with van der Waals surface area (Å²) in [6, 6.07) is 5.69. The Morgan fingerprint density at radius 2 is 2.17 bits per heavy atom. The topological polar surface area (TPSA) is 55.1 Å². The van der Waals surface area contributed by atoms with Gasteiger partial charge in [0.1, 0.15) is 0 Å². The summed E-state index contributed by atoms with van der Waals surface area (Å²) in [5.74, 6) is -0.177. The van der Waals surface area contributed by atoms with E-state index in [-0.39, 0.29) is 10.9 Å². The van der Waals surface area contributed by atoms with Crippen LogP contribution in [0.1, 0.15) is 25.8 Å². The molecule has 0 aromatic heterocycles. The Bertz CT molecular complexity index is 490. The van der Waals surface area contributed by atoms with Crippen molar-refractivity contribution in [2.24, 2.45) is 11.1 Å². The van der Waals surface area contributed by atoms with Crippen LogP contribution >= 0.6 is 28.1 Å². The molecule has 0 aliphatic rings. The highest BCUT2D eigenvalue weighted by molar-refractivity contribution is 9.10. The fraction of sp³-hybridized carbons (Fsp3) is 0.385. The lowest BCUT2D eigenvalue weighted by atomic mass is 9.86. The van der Waals surface area contributed by atoms with Gasteiger partial charge in [-0.15, -0.1) is 0 Å². The van der Waals surface area contributed by atoms with E-state index in [1.807, 2.05) is 32.0 Å². The van der Waals surface area contributed by atoms with Gasteiger partial charge in [0.2, 0.25) is 5.91 Å². The monoisotopic (exact) mass is 328 g/mol. The molecule has 1 aromatic rings. The fourth-order valence-electron chi connectivity index (χ4n) is 1.45. The smallest absolute Gasteiger partial charge is 0.237 e. The molecule has 0 aliphatic heterocycles. The first-order valence-electron chi connectivity index (χ1n) is 5.69. The normalized spacial score (nSPS) is 13.8. The van der Waals surface area contributed by atoms with E-state index in [1.54, 1.807) is 6.92 Å². The van der Waals surface area contributed by atoms with Crippen LogP contribution in [0.5, 0.6) is 0 Å². The Hall–Kier alpha value is -0.940. The van der Waals surface area contributed by atoms with Crippen LogP contribution < -0.4 is 11.1 Å². The molecule has 0 saturated heterocycles. The molecule has 98 valence electrons. The number of carbonyl (C=O) groups is 1. The summed E-state index contributed by atoms with van der Waals surface area (Å²) in [5.41, 5.74) is 6.63. The predicted octanol–water partition coefficient (Wildman–Crippen LogP) is 3.40. The molecular formula is C13H17BrN2OS. The van der Waals surface area contributed by atoms with Crippen molar-refractivity contribution >= 4 is 44.7 Å². The molecule has 0 saturated carbocycles. The first kappa shape index (κ1) is 15.1. The maximum Gasteiger partial charge on any atom is 0.237 e. The van der Waals surface area contributed by atoms with Crippen molar-refractivity contribution in [3.05, 3.63) is 28.2 Å². The minimum absolute atomic E-state index is 0.177. The van der Waals surface area contributed by atoms with Gasteiger partial charge in [-0.1, -0.05) is 31.3 Å². The van der Waals surface area contributed by atoms with Crippen LogP contribution in [0.25, 0.3) is 0 Å². The number of benzene rings is 1. The van der Waals surface area contributed by atoms with Gasteiger partial charge in [-0.25, -0.2) is 0 Å². The summed E-state index contributed by atoms with van der Waals surface area (Å²) in [6.07, 6.45) is 0.567. The highest BCUT2D eigenvalue weighted by Crippen LogP contribution is 2.29. The molecule has 1 rings (SSSR count). The van der Waals surface area contributed by atoms with E-state index >= 15 is 0 Å². The molecular weight excluding hydrogens is 312 g/mol.